The molecule has 6 nitrogen and oxygen atoms in total. The first-order valence-electron chi connectivity index (χ1n) is 7.16. The number of anilines is 1. The number of nitrogens with zero attached hydrogens (tertiary/aromatic N) is 2. The van der Waals surface area contributed by atoms with E-state index in [2.05, 4.69) is 14.9 Å². The average molecular weight is 280 g/mol. The number of nitrogens with two attached hydrogens (primary N) is 1. The summed E-state index contributed by atoms with van der Waals surface area (Å²) in [6.45, 7) is 5.37. The summed E-state index contributed by atoms with van der Waals surface area (Å²) in [4.78, 5) is 21.3. The van der Waals surface area contributed by atoms with Gasteiger partial charge in [0.25, 0.3) is 5.56 Å². The molecule has 20 heavy (non-hydrogen) atoms. The lowest BCUT2D eigenvalue weighted by Gasteiger charge is -2.39. The van der Waals surface area contributed by atoms with Crippen LogP contribution < -0.4 is 16.2 Å². The first kappa shape index (κ1) is 15.0. The normalized spacial score (nSPS) is 23.4. The standard InChI is InChI=1S/C14H24N4O2/c1-9(2)14-16-12(7-13(19)17-14)18-5-4-11(20-3)6-10(18)8-15/h7,9-11H,4-6,8,15H2,1-3H3,(H,16,17,19). The molecule has 3 N–H and O–H groups in total. The lowest BCUT2D eigenvalue weighted by atomic mass is 9.99. The molecule has 112 valence electrons. The molecule has 0 aliphatic carbocycles. The maximum absolute atomic E-state index is 11.8. The molecule has 1 aromatic heterocycles. The summed E-state index contributed by atoms with van der Waals surface area (Å²) in [7, 11) is 1.73. The van der Waals surface area contributed by atoms with Gasteiger partial charge >= 0.3 is 0 Å². The van der Waals surface area contributed by atoms with Crippen LogP contribution in [0.15, 0.2) is 10.9 Å². The summed E-state index contributed by atoms with van der Waals surface area (Å²) in [5, 5.41) is 0. The number of hydrogen-bond donors (Lipinski definition) is 2. The van der Waals surface area contributed by atoms with Crippen LogP contribution >= 0.6 is 0 Å². The van der Waals surface area contributed by atoms with Crippen LogP contribution in [0.4, 0.5) is 5.82 Å². The third-order valence-electron chi connectivity index (χ3n) is 3.86. The van der Waals surface area contributed by atoms with Gasteiger partial charge in [-0.2, -0.15) is 0 Å². The van der Waals surface area contributed by atoms with Crippen LogP contribution in [0, 0.1) is 0 Å². The molecular weight excluding hydrogens is 256 g/mol. The number of H-pyrrole nitrogens is 1. The van der Waals surface area contributed by atoms with E-state index in [4.69, 9.17) is 10.5 Å². The molecule has 1 fully saturated rings. The zero-order valence-electron chi connectivity index (χ0n) is 12.4. The second kappa shape index (κ2) is 6.37. The van der Waals surface area contributed by atoms with E-state index in [0.29, 0.717) is 6.54 Å². The molecule has 6 heteroatoms. The van der Waals surface area contributed by atoms with E-state index >= 15 is 0 Å². The molecule has 1 saturated heterocycles. The summed E-state index contributed by atoms with van der Waals surface area (Å²) in [6.07, 6.45) is 2.04. The van der Waals surface area contributed by atoms with Crippen LogP contribution in [0.3, 0.4) is 0 Å². The highest BCUT2D eigenvalue weighted by Crippen LogP contribution is 2.24. The molecule has 2 atom stereocenters. The van der Waals surface area contributed by atoms with Crippen LogP contribution in [0.2, 0.25) is 0 Å². The Labute approximate surface area is 119 Å². The van der Waals surface area contributed by atoms with Crippen molar-refractivity contribution in [3.63, 3.8) is 0 Å². The van der Waals surface area contributed by atoms with Crippen molar-refractivity contribution in [2.45, 2.75) is 44.8 Å². The van der Waals surface area contributed by atoms with Crippen molar-refractivity contribution in [3.05, 3.63) is 22.2 Å². The van der Waals surface area contributed by atoms with Gasteiger partial charge in [-0.1, -0.05) is 13.8 Å². The fourth-order valence-electron chi connectivity index (χ4n) is 2.64. The number of hydrogen-bond acceptors (Lipinski definition) is 5. The Hall–Kier alpha value is -1.40. The van der Waals surface area contributed by atoms with Crippen LogP contribution in [0.5, 0.6) is 0 Å². The zero-order chi connectivity index (χ0) is 14.7. The van der Waals surface area contributed by atoms with E-state index in [1.807, 2.05) is 13.8 Å². The van der Waals surface area contributed by atoms with E-state index in [-0.39, 0.29) is 23.6 Å². The largest absolute Gasteiger partial charge is 0.381 e. The molecule has 2 rings (SSSR count). The summed E-state index contributed by atoms with van der Waals surface area (Å²) in [5.41, 5.74) is 5.76. The molecule has 0 amide bonds. The molecule has 0 saturated carbocycles. The van der Waals surface area contributed by atoms with Gasteiger partial charge in [-0.25, -0.2) is 4.98 Å². The molecule has 1 aromatic rings. The number of rotatable bonds is 4. The first-order valence-corrected chi connectivity index (χ1v) is 7.16. The molecule has 2 heterocycles. The van der Waals surface area contributed by atoms with Gasteiger partial charge in [-0.05, 0) is 12.8 Å². The monoisotopic (exact) mass is 280 g/mol. The van der Waals surface area contributed by atoms with Crippen molar-refractivity contribution < 1.29 is 4.74 Å². The summed E-state index contributed by atoms with van der Waals surface area (Å²) in [6, 6.07) is 1.73. The summed E-state index contributed by atoms with van der Waals surface area (Å²) in [5.74, 6) is 1.63. The van der Waals surface area contributed by atoms with Crippen molar-refractivity contribution in [2.75, 3.05) is 25.1 Å². The minimum absolute atomic E-state index is 0.108. The minimum Gasteiger partial charge on any atom is -0.381 e. The molecule has 0 spiro atoms. The van der Waals surface area contributed by atoms with Gasteiger partial charge in [0.05, 0.1) is 6.10 Å². The minimum atomic E-state index is -0.108. The topological polar surface area (TPSA) is 84.2 Å². The second-order valence-corrected chi connectivity index (χ2v) is 5.61. The van der Waals surface area contributed by atoms with E-state index < -0.39 is 0 Å². The third kappa shape index (κ3) is 3.19. The van der Waals surface area contributed by atoms with Crippen LogP contribution in [-0.4, -0.2) is 42.3 Å². The van der Waals surface area contributed by atoms with E-state index in [9.17, 15) is 4.79 Å². The van der Waals surface area contributed by atoms with Gasteiger partial charge in [0, 0.05) is 38.2 Å². The number of aromatic amines is 1. The highest BCUT2D eigenvalue weighted by molar-refractivity contribution is 5.40. The Bertz CT molecular complexity index is 500. The lowest BCUT2D eigenvalue weighted by Crippen LogP contribution is -2.49. The summed E-state index contributed by atoms with van der Waals surface area (Å²) >= 11 is 0. The predicted octanol–water partition coefficient (Wildman–Crippen LogP) is 0.836. The van der Waals surface area contributed by atoms with Crippen molar-refractivity contribution >= 4 is 5.82 Å². The fraction of sp³-hybridized carbons (Fsp3) is 0.714. The first-order chi connectivity index (χ1) is 9.55. The smallest absolute Gasteiger partial charge is 0.252 e. The lowest BCUT2D eigenvalue weighted by molar-refractivity contribution is 0.0707. The van der Waals surface area contributed by atoms with E-state index in [1.54, 1.807) is 13.2 Å². The number of ether oxygens (including phenoxy) is 1. The van der Waals surface area contributed by atoms with Crippen LogP contribution in [-0.2, 0) is 4.74 Å². The summed E-state index contributed by atoms with van der Waals surface area (Å²) < 4.78 is 5.42. The van der Waals surface area contributed by atoms with Crippen LogP contribution in [0.1, 0.15) is 38.4 Å². The van der Waals surface area contributed by atoms with Crippen LogP contribution in [0.25, 0.3) is 0 Å². The number of aromatic nitrogens is 2. The van der Waals surface area contributed by atoms with Gasteiger partial charge in [-0.3, -0.25) is 4.79 Å². The number of piperidine rings is 1. The number of nitrogens with one attached hydrogen (secondary N) is 1. The van der Waals surface area contributed by atoms with E-state index in [1.165, 1.54) is 0 Å². The van der Waals surface area contributed by atoms with Crippen molar-refractivity contribution in [3.8, 4) is 0 Å². The Morgan fingerprint density at radius 1 is 1.60 bits per heavy atom. The Kier molecular flexibility index (Phi) is 4.77. The molecule has 0 radical (unpaired) electrons. The van der Waals surface area contributed by atoms with Gasteiger partial charge in [0.1, 0.15) is 11.6 Å². The Morgan fingerprint density at radius 2 is 2.35 bits per heavy atom. The fourth-order valence-corrected chi connectivity index (χ4v) is 2.64. The average Bonchev–Trinajstić information content (AvgIpc) is 2.45. The van der Waals surface area contributed by atoms with Gasteiger partial charge < -0.3 is 20.4 Å². The Morgan fingerprint density at radius 3 is 2.95 bits per heavy atom. The van der Waals surface area contributed by atoms with E-state index in [0.717, 1.165) is 31.0 Å². The quantitative estimate of drug-likeness (QED) is 0.853. The highest BCUT2D eigenvalue weighted by Gasteiger charge is 2.28. The Balaban J connectivity index is 2.28. The maximum atomic E-state index is 11.8. The highest BCUT2D eigenvalue weighted by atomic mass is 16.5. The van der Waals surface area contributed by atoms with Gasteiger partial charge in [0.15, 0.2) is 0 Å². The zero-order valence-corrected chi connectivity index (χ0v) is 12.4. The van der Waals surface area contributed by atoms with Crippen molar-refractivity contribution in [1.82, 2.24) is 9.97 Å². The number of methoxy groups -OCH3 is 1. The molecule has 0 bridgehead atoms. The SMILES string of the molecule is COC1CCN(c2cc(=O)[nH]c(C(C)C)n2)C(CN)C1. The molecule has 2 unspecified atom stereocenters. The predicted molar refractivity (Wildman–Crippen MR) is 79.2 cm³/mol. The maximum Gasteiger partial charge on any atom is 0.252 e. The van der Waals surface area contributed by atoms with Crippen molar-refractivity contribution in [2.24, 2.45) is 5.73 Å². The molecule has 1 aliphatic rings. The second-order valence-electron chi connectivity index (χ2n) is 5.61. The van der Waals surface area contributed by atoms with Crippen molar-refractivity contribution in [1.29, 1.82) is 0 Å². The third-order valence-corrected chi connectivity index (χ3v) is 3.86. The molecular formula is C14H24N4O2. The molecule has 0 aromatic carbocycles. The molecule has 1 aliphatic heterocycles. The van der Waals surface area contributed by atoms with Gasteiger partial charge in [-0.15, -0.1) is 0 Å². The van der Waals surface area contributed by atoms with Gasteiger partial charge in [0.2, 0.25) is 0 Å².